The van der Waals surface area contributed by atoms with Crippen LogP contribution in [0.4, 0.5) is 4.39 Å². The van der Waals surface area contributed by atoms with Crippen LogP contribution in [0.2, 0.25) is 0 Å². The van der Waals surface area contributed by atoms with Crippen molar-refractivity contribution in [2.45, 2.75) is 38.0 Å². The monoisotopic (exact) mass is 194 g/mol. The van der Waals surface area contributed by atoms with Crippen LogP contribution in [0.5, 0.6) is 0 Å². The summed E-state index contributed by atoms with van der Waals surface area (Å²) in [7, 11) is 0. The summed E-state index contributed by atoms with van der Waals surface area (Å²) in [5.74, 6) is -0.713. The van der Waals surface area contributed by atoms with Crippen LogP contribution in [0.15, 0.2) is 0 Å². The van der Waals surface area contributed by atoms with Crippen LogP contribution in [0.3, 0.4) is 0 Å². The molecule has 2 atom stereocenters. The van der Waals surface area contributed by atoms with Gasteiger partial charge in [0.2, 0.25) is 0 Å². The fourth-order valence-corrected chi connectivity index (χ4v) is 1.45. The highest BCUT2D eigenvalue weighted by Crippen LogP contribution is 2.23. The van der Waals surface area contributed by atoms with Gasteiger partial charge in [-0.05, 0) is 19.3 Å². The second-order valence-electron chi connectivity index (χ2n) is 2.96. The van der Waals surface area contributed by atoms with Gasteiger partial charge in [-0.2, -0.15) is 0 Å². The van der Waals surface area contributed by atoms with Gasteiger partial charge in [0, 0.05) is 0 Å². The molecule has 2 nitrogen and oxygen atoms in total. The molecular weight excluding hydrogens is 183 g/mol. The van der Waals surface area contributed by atoms with E-state index in [9.17, 15) is 9.18 Å². The van der Waals surface area contributed by atoms with Crippen LogP contribution in [-0.2, 0) is 9.53 Å². The summed E-state index contributed by atoms with van der Waals surface area (Å²) >= 11 is 5.22. The predicted molar refractivity (Wildman–Crippen MR) is 44.0 cm³/mol. The Kier molecular flexibility index (Phi) is 3.79. The second-order valence-corrected chi connectivity index (χ2v) is 3.23. The minimum absolute atomic E-state index is 0.191. The highest BCUT2D eigenvalue weighted by atomic mass is 35.5. The smallest absolute Gasteiger partial charge is 0.321 e. The lowest BCUT2D eigenvalue weighted by Crippen LogP contribution is -2.31. The van der Waals surface area contributed by atoms with Crippen molar-refractivity contribution in [3.05, 3.63) is 0 Å². The molecule has 12 heavy (non-hydrogen) atoms. The standard InChI is InChI=1S/C8H12ClFO2/c9-5-8(11)12-7-4-2-1-3-6(7)10/h6-7H,1-5H2/t6-,7-/m0/s1. The Labute approximate surface area is 76.0 Å². The van der Waals surface area contributed by atoms with Gasteiger partial charge in [-0.25, -0.2) is 4.39 Å². The number of hydrogen-bond donors (Lipinski definition) is 0. The average molecular weight is 195 g/mol. The minimum Gasteiger partial charge on any atom is -0.458 e. The molecule has 0 bridgehead atoms. The van der Waals surface area contributed by atoms with Gasteiger partial charge < -0.3 is 4.74 Å². The number of halogens is 2. The lowest BCUT2D eigenvalue weighted by Gasteiger charge is -2.25. The van der Waals surface area contributed by atoms with Gasteiger partial charge in [0.05, 0.1) is 0 Å². The molecule has 0 spiro atoms. The maximum atomic E-state index is 13.0. The van der Waals surface area contributed by atoms with Crippen molar-refractivity contribution < 1.29 is 13.9 Å². The van der Waals surface area contributed by atoms with Gasteiger partial charge in [0.1, 0.15) is 18.2 Å². The molecule has 0 heterocycles. The van der Waals surface area contributed by atoms with Gasteiger partial charge in [0.15, 0.2) is 0 Å². The summed E-state index contributed by atoms with van der Waals surface area (Å²) < 4.78 is 17.8. The molecule has 0 aliphatic heterocycles. The molecule has 1 aliphatic rings. The lowest BCUT2D eigenvalue weighted by atomic mass is 9.96. The molecule has 0 N–H and O–H groups in total. The molecule has 0 saturated heterocycles. The minimum atomic E-state index is -0.995. The zero-order chi connectivity index (χ0) is 8.97. The van der Waals surface area contributed by atoms with E-state index in [1.165, 1.54) is 0 Å². The fraction of sp³-hybridized carbons (Fsp3) is 0.875. The van der Waals surface area contributed by atoms with E-state index in [2.05, 4.69) is 0 Å². The van der Waals surface area contributed by atoms with E-state index in [0.717, 1.165) is 12.8 Å². The first kappa shape index (κ1) is 9.78. The number of esters is 1. The van der Waals surface area contributed by atoms with Crippen molar-refractivity contribution in [1.29, 1.82) is 0 Å². The molecular formula is C8H12ClFO2. The van der Waals surface area contributed by atoms with Crippen molar-refractivity contribution in [2.24, 2.45) is 0 Å². The molecule has 1 fully saturated rings. The van der Waals surface area contributed by atoms with Crippen LogP contribution < -0.4 is 0 Å². The number of alkyl halides is 2. The van der Waals surface area contributed by atoms with Crippen molar-refractivity contribution in [2.75, 3.05) is 5.88 Å². The fourth-order valence-electron chi connectivity index (χ4n) is 1.38. The summed E-state index contributed by atoms with van der Waals surface area (Å²) in [6, 6.07) is 0. The topological polar surface area (TPSA) is 26.3 Å². The molecule has 0 radical (unpaired) electrons. The predicted octanol–water partition coefficient (Wildman–Crippen LogP) is 2.05. The van der Waals surface area contributed by atoms with Crippen LogP contribution >= 0.6 is 11.6 Å². The number of hydrogen-bond acceptors (Lipinski definition) is 2. The largest absolute Gasteiger partial charge is 0.458 e. The molecule has 70 valence electrons. The molecule has 4 heteroatoms. The summed E-state index contributed by atoms with van der Waals surface area (Å²) in [5.41, 5.74) is 0. The third kappa shape index (κ3) is 2.63. The first-order valence-corrected chi connectivity index (χ1v) is 4.67. The Morgan fingerprint density at radius 3 is 2.75 bits per heavy atom. The summed E-state index contributed by atoms with van der Waals surface area (Å²) in [6.45, 7) is 0. The van der Waals surface area contributed by atoms with E-state index in [-0.39, 0.29) is 5.88 Å². The molecule has 0 aromatic heterocycles. The van der Waals surface area contributed by atoms with Crippen molar-refractivity contribution in [3.8, 4) is 0 Å². The van der Waals surface area contributed by atoms with E-state index in [1.807, 2.05) is 0 Å². The van der Waals surface area contributed by atoms with Crippen LogP contribution in [0, 0.1) is 0 Å². The maximum Gasteiger partial charge on any atom is 0.321 e. The average Bonchev–Trinajstić information content (AvgIpc) is 2.09. The maximum absolute atomic E-state index is 13.0. The van der Waals surface area contributed by atoms with Gasteiger partial charge >= 0.3 is 5.97 Å². The molecule has 0 aromatic carbocycles. The third-order valence-electron chi connectivity index (χ3n) is 2.01. The SMILES string of the molecule is O=C(CCl)O[C@H]1CCCC[C@@H]1F. The van der Waals surface area contributed by atoms with Crippen molar-refractivity contribution >= 4 is 17.6 Å². The van der Waals surface area contributed by atoms with Crippen LogP contribution in [0.25, 0.3) is 0 Å². The Morgan fingerprint density at radius 2 is 2.17 bits per heavy atom. The first-order valence-electron chi connectivity index (χ1n) is 4.13. The molecule has 0 unspecified atom stereocenters. The van der Waals surface area contributed by atoms with Gasteiger partial charge in [0.25, 0.3) is 0 Å². The Morgan fingerprint density at radius 1 is 1.50 bits per heavy atom. The molecule has 0 aromatic rings. The van der Waals surface area contributed by atoms with E-state index in [0.29, 0.717) is 12.8 Å². The number of ether oxygens (including phenoxy) is 1. The van der Waals surface area contributed by atoms with Crippen molar-refractivity contribution in [1.82, 2.24) is 0 Å². The normalized spacial score (nSPS) is 29.8. The Bertz CT molecular complexity index is 163. The van der Waals surface area contributed by atoms with Crippen molar-refractivity contribution in [3.63, 3.8) is 0 Å². The molecule has 0 amide bonds. The highest BCUT2D eigenvalue weighted by Gasteiger charge is 2.27. The Balaban J connectivity index is 2.33. The van der Waals surface area contributed by atoms with Gasteiger partial charge in [-0.1, -0.05) is 6.42 Å². The van der Waals surface area contributed by atoms with E-state index < -0.39 is 18.2 Å². The summed E-state index contributed by atoms with van der Waals surface area (Å²) in [5, 5.41) is 0. The molecule has 1 saturated carbocycles. The van der Waals surface area contributed by atoms with Crippen LogP contribution in [0.1, 0.15) is 25.7 Å². The zero-order valence-corrected chi connectivity index (χ0v) is 7.52. The van der Waals surface area contributed by atoms with Gasteiger partial charge in [-0.15, -0.1) is 11.6 Å². The van der Waals surface area contributed by atoms with Gasteiger partial charge in [-0.3, -0.25) is 4.79 Å². The quantitative estimate of drug-likeness (QED) is 0.497. The third-order valence-corrected chi connectivity index (χ3v) is 2.23. The van der Waals surface area contributed by atoms with E-state index >= 15 is 0 Å². The highest BCUT2D eigenvalue weighted by molar-refractivity contribution is 6.26. The summed E-state index contributed by atoms with van der Waals surface area (Å²) in [4.78, 5) is 10.7. The number of carbonyl (C=O) groups is 1. The molecule has 1 rings (SSSR count). The number of carbonyl (C=O) groups excluding carboxylic acids is 1. The van der Waals surface area contributed by atoms with E-state index in [4.69, 9.17) is 16.3 Å². The lowest BCUT2D eigenvalue weighted by molar-refractivity contribution is -0.151. The zero-order valence-electron chi connectivity index (χ0n) is 6.76. The van der Waals surface area contributed by atoms with E-state index in [1.54, 1.807) is 0 Å². The van der Waals surface area contributed by atoms with Crippen LogP contribution in [-0.4, -0.2) is 24.1 Å². The summed E-state index contributed by atoms with van der Waals surface area (Å²) in [6.07, 6.45) is 1.40. The second kappa shape index (κ2) is 4.65. The molecule has 1 aliphatic carbocycles. The number of rotatable bonds is 2. The Hall–Kier alpha value is -0.310. The first-order chi connectivity index (χ1) is 5.74.